The van der Waals surface area contributed by atoms with Crippen LogP contribution in [0.2, 0.25) is 0 Å². The summed E-state index contributed by atoms with van der Waals surface area (Å²) in [7, 11) is 3.83. The van der Waals surface area contributed by atoms with Crippen LogP contribution in [0.3, 0.4) is 0 Å². The Labute approximate surface area is 215 Å². The number of nitrogens with zero attached hydrogens (tertiary/aromatic N) is 5. The van der Waals surface area contributed by atoms with E-state index in [9.17, 15) is 10.4 Å². The van der Waals surface area contributed by atoms with Crippen LogP contribution in [0.4, 0.5) is 19.7 Å². The van der Waals surface area contributed by atoms with Crippen molar-refractivity contribution in [2.24, 2.45) is 0 Å². The lowest BCUT2D eigenvalue weighted by Gasteiger charge is -2.34. The van der Waals surface area contributed by atoms with E-state index >= 15 is 8.78 Å². The Hall–Kier alpha value is -3.43. The van der Waals surface area contributed by atoms with Crippen LogP contribution in [0.1, 0.15) is 23.1 Å². The van der Waals surface area contributed by atoms with Gasteiger partial charge in [0.15, 0.2) is 5.82 Å². The zero-order valence-corrected chi connectivity index (χ0v) is 21.1. The first-order valence-corrected chi connectivity index (χ1v) is 12.6. The Bertz CT molecular complexity index is 1630. The summed E-state index contributed by atoms with van der Waals surface area (Å²) < 4.78 is 38.2. The smallest absolute Gasteiger partial charge is 0.226 e. The predicted octanol–water partition coefficient (Wildman–Crippen LogP) is 3.78. The molecule has 1 atom stereocenters. The molecule has 0 saturated carbocycles. The minimum Gasteiger partial charge on any atom is -0.394 e. The molecule has 3 N–H and O–H groups in total. The molecule has 1 saturated heterocycles. The second-order valence-corrected chi connectivity index (χ2v) is 10.9. The molecule has 4 aromatic rings. The van der Waals surface area contributed by atoms with Crippen molar-refractivity contribution < 1.29 is 18.6 Å². The maximum atomic E-state index is 16.5. The second-order valence-electron chi connectivity index (χ2n) is 9.77. The van der Waals surface area contributed by atoms with E-state index in [0.29, 0.717) is 52.1 Å². The van der Waals surface area contributed by atoms with Crippen LogP contribution in [-0.4, -0.2) is 59.3 Å². The number of hydrogen-bond donors (Lipinski definition) is 2. The summed E-state index contributed by atoms with van der Waals surface area (Å²) in [5, 5.41) is 20.9. The van der Waals surface area contributed by atoms with Crippen LogP contribution in [0.25, 0.3) is 32.1 Å². The number of aromatic nitrogens is 2. The van der Waals surface area contributed by atoms with Gasteiger partial charge in [-0.05, 0) is 43.8 Å². The van der Waals surface area contributed by atoms with Crippen LogP contribution < -0.4 is 10.6 Å². The molecule has 6 rings (SSSR count). The van der Waals surface area contributed by atoms with Gasteiger partial charge in [0, 0.05) is 45.9 Å². The largest absolute Gasteiger partial charge is 0.394 e. The van der Waals surface area contributed by atoms with Crippen LogP contribution in [-0.2, 0) is 18.0 Å². The van der Waals surface area contributed by atoms with Crippen LogP contribution >= 0.6 is 11.3 Å². The Morgan fingerprint density at radius 1 is 1.27 bits per heavy atom. The van der Waals surface area contributed by atoms with Gasteiger partial charge in [-0.15, -0.1) is 11.3 Å². The van der Waals surface area contributed by atoms with Gasteiger partial charge >= 0.3 is 0 Å². The quantitative estimate of drug-likeness (QED) is 0.417. The first-order chi connectivity index (χ1) is 17.8. The van der Waals surface area contributed by atoms with Crippen LogP contribution in [0.15, 0.2) is 18.3 Å². The van der Waals surface area contributed by atoms with Gasteiger partial charge in [0.2, 0.25) is 5.95 Å². The number of aliphatic hydroxyl groups is 1. The highest BCUT2D eigenvalue weighted by atomic mass is 32.1. The fraction of sp³-hybridized carbons (Fsp3) is 0.346. The summed E-state index contributed by atoms with van der Waals surface area (Å²) in [4.78, 5) is 13.0. The molecule has 190 valence electrons. The number of likely N-dealkylation sites (N-methyl/N-ethyl adjacent to an activating group) is 1. The lowest BCUT2D eigenvalue weighted by atomic mass is 9.90. The van der Waals surface area contributed by atoms with Gasteiger partial charge in [0.25, 0.3) is 0 Å². The minimum absolute atomic E-state index is 0.00334. The van der Waals surface area contributed by atoms with Crippen LogP contribution in [0, 0.1) is 23.0 Å². The number of rotatable bonds is 4. The molecule has 2 aromatic carbocycles. The molecule has 4 heterocycles. The zero-order valence-electron chi connectivity index (χ0n) is 20.3. The van der Waals surface area contributed by atoms with Crippen molar-refractivity contribution in [3.63, 3.8) is 0 Å². The Morgan fingerprint density at radius 3 is 2.76 bits per heavy atom. The average Bonchev–Trinajstić information content (AvgIpc) is 3.62. The number of nitrogens with two attached hydrogens (primary N) is 1. The summed E-state index contributed by atoms with van der Waals surface area (Å²) >= 11 is 1.17. The molecular weight excluding hydrogens is 498 g/mol. The number of nitriles is 1. The number of aliphatic hydroxyl groups excluding tert-OH is 1. The Balaban J connectivity index is 1.59. The molecule has 0 bridgehead atoms. The number of halogens is 2. The number of anilines is 2. The molecule has 8 nitrogen and oxygen atoms in total. The average molecular weight is 523 g/mol. The number of hydrogen-bond acceptors (Lipinski definition) is 9. The van der Waals surface area contributed by atoms with Crippen molar-refractivity contribution in [2.45, 2.75) is 25.2 Å². The van der Waals surface area contributed by atoms with Crippen molar-refractivity contribution >= 4 is 43.3 Å². The molecule has 37 heavy (non-hydrogen) atoms. The molecular formula is C26H24F2N6O2S. The van der Waals surface area contributed by atoms with E-state index in [2.05, 4.69) is 16.0 Å². The van der Waals surface area contributed by atoms with E-state index < -0.39 is 17.2 Å². The Kier molecular flexibility index (Phi) is 5.54. The SMILES string of the molecule is CN(C)C1(CO)CCN(c2ncc3c4c(c(-c5c(F)ccc6sc(N)c(C#N)c56)c(F)c3n2)COC4)C1. The molecule has 0 amide bonds. The fourth-order valence-electron chi connectivity index (χ4n) is 5.52. The van der Waals surface area contributed by atoms with Crippen molar-refractivity contribution in [2.75, 3.05) is 44.4 Å². The molecule has 0 radical (unpaired) electrons. The van der Waals surface area contributed by atoms with Gasteiger partial charge in [0.05, 0.1) is 30.9 Å². The summed E-state index contributed by atoms with van der Waals surface area (Å²) in [6, 6.07) is 4.88. The van der Waals surface area contributed by atoms with Crippen molar-refractivity contribution in [3.05, 3.63) is 46.7 Å². The fourth-order valence-corrected chi connectivity index (χ4v) is 6.45. The third-order valence-electron chi connectivity index (χ3n) is 7.74. The number of ether oxygens (including phenoxy) is 1. The molecule has 2 aliphatic heterocycles. The molecule has 2 aliphatic rings. The topological polar surface area (TPSA) is 112 Å². The molecule has 1 unspecified atom stereocenters. The maximum absolute atomic E-state index is 16.5. The van der Waals surface area contributed by atoms with E-state index in [-0.39, 0.29) is 47.0 Å². The van der Waals surface area contributed by atoms with Gasteiger partial charge in [-0.25, -0.2) is 18.7 Å². The van der Waals surface area contributed by atoms with E-state index in [1.807, 2.05) is 23.9 Å². The molecule has 0 aliphatic carbocycles. The summed E-state index contributed by atoms with van der Waals surface area (Å²) in [5.41, 5.74) is 7.07. The highest BCUT2D eigenvalue weighted by molar-refractivity contribution is 7.23. The highest BCUT2D eigenvalue weighted by Gasteiger charge is 2.41. The summed E-state index contributed by atoms with van der Waals surface area (Å²) in [6.45, 7) is 1.37. The van der Waals surface area contributed by atoms with E-state index in [4.69, 9.17) is 10.5 Å². The molecule has 2 aromatic heterocycles. The van der Waals surface area contributed by atoms with Crippen molar-refractivity contribution in [3.8, 4) is 17.2 Å². The van der Waals surface area contributed by atoms with Gasteiger partial charge < -0.3 is 20.5 Å². The zero-order chi connectivity index (χ0) is 26.1. The second kappa shape index (κ2) is 8.56. The number of thiophene rings is 1. The van der Waals surface area contributed by atoms with Gasteiger partial charge in [-0.2, -0.15) is 5.26 Å². The number of fused-ring (bicyclic) bond motifs is 4. The van der Waals surface area contributed by atoms with E-state index in [1.165, 1.54) is 17.4 Å². The molecule has 11 heteroatoms. The van der Waals surface area contributed by atoms with Crippen molar-refractivity contribution in [1.29, 1.82) is 5.26 Å². The first-order valence-electron chi connectivity index (χ1n) is 11.8. The van der Waals surface area contributed by atoms with Crippen molar-refractivity contribution in [1.82, 2.24) is 14.9 Å². The van der Waals surface area contributed by atoms with Crippen LogP contribution in [0.5, 0.6) is 0 Å². The van der Waals surface area contributed by atoms with Gasteiger partial charge in [-0.1, -0.05) is 0 Å². The summed E-state index contributed by atoms with van der Waals surface area (Å²) in [6.07, 6.45) is 2.29. The minimum atomic E-state index is -0.691. The van der Waals surface area contributed by atoms with Gasteiger partial charge in [0.1, 0.15) is 22.4 Å². The highest BCUT2D eigenvalue weighted by Crippen LogP contribution is 2.46. The lowest BCUT2D eigenvalue weighted by molar-refractivity contribution is 0.0866. The molecule has 1 fully saturated rings. The van der Waals surface area contributed by atoms with E-state index in [1.54, 1.807) is 12.3 Å². The summed E-state index contributed by atoms with van der Waals surface area (Å²) in [5.74, 6) is -1.01. The number of benzene rings is 2. The number of nitrogen functional groups attached to an aromatic ring is 1. The molecule has 0 spiro atoms. The predicted molar refractivity (Wildman–Crippen MR) is 138 cm³/mol. The monoisotopic (exact) mass is 522 g/mol. The third-order valence-corrected chi connectivity index (χ3v) is 8.72. The van der Waals surface area contributed by atoms with E-state index in [0.717, 1.165) is 0 Å². The Morgan fingerprint density at radius 2 is 2.05 bits per heavy atom. The third kappa shape index (κ3) is 3.40. The standard InChI is InChI=1S/C26H24F2N6O2S/c1-33(2)26(12-35)5-6-34(11-26)25-31-8-14-15-9-36-10-16(15)20(22(28)23(14)32-25)21-17(27)3-4-18-19(21)13(7-29)24(30)37-18/h3-4,8,35H,5-6,9-12,30H2,1-2H3. The lowest BCUT2D eigenvalue weighted by Crippen LogP contribution is -2.49. The van der Waals surface area contributed by atoms with Gasteiger partial charge in [-0.3, -0.25) is 4.90 Å². The maximum Gasteiger partial charge on any atom is 0.226 e. The normalized spacial score (nSPS) is 19.3. The first kappa shape index (κ1) is 23.9.